The minimum absolute atomic E-state index is 0.0707. The highest BCUT2D eigenvalue weighted by atomic mass is 79.9. The largest absolute Gasteiger partial charge is 0.273 e. The highest BCUT2D eigenvalue weighted by Gasteiger charge is 2.19. The van der Waals surface area contributed by atoms with E-state index in [0.29, 0.717) is 10.0 Å². The maximum atomic E-state index is 12.2. The number of hydrogen-bond donors (Lipinski definition) is 2. The summed E-state index contributed by atoms with van der Waals surface area (Å²) < 4.78 is 25.1. The second kappa shape index (κ2) is 6.78. The highest BCUT2D eigenvalue weighted by Crippen LogP contribution is 2.20. The lowest BCUT2D eigenvalue weighted by Gasteiger charge is -2.11. The van der Waals surface area contributed by atoms with Crippen molar-refractivity contribution < 1.29 is 13.2 Å². The van der Waals surface area contributed by atoms with Crippen LogP contribution in [0.1, 0.15) is 15.9 Å². The van der Waals surface area contributed by atoms with Gasteiger partial charge < -0.3 is 0 Å². The van der Waals surface area contributed by atoms with Crippen molar-refractivity contribution in [3.63, 3.8) is 0 Å². The van der Waals surface area contributed by atoms with E-state index in [2.05, 4.69) is 26.2 Å². The zero-order valence-electron chi connectivity index (χ0n) is 11.4. The van der Waals surface area contributed by atoms with Gasteiger partial charge in [0.1, 0.15) is 0 Å². The fourth-order valence-corrected chi connectivity index (χ4v) is 3.59. The Kier molecular flexibility index (Phi) is 5.23. The third-order valence-electron chi connectivity index (χ3n) is 2.86. The summed E-state index contributed by atoms with van der Waals surface area (Å²) >= 11 is 9.11. The van der Waals surface area contributed by atoms with E-state index in [1.165, 1.54) is 12.1 Å². The van der Waals surface area contributed by atoms with Gasteiger partial charge in [-0.25, -0.2) is 8.42 Å². The number of nitrogens with one attached hydrogen (secondary N) is 2. The Hall–Kier alpha value is -1.41. The van der Waals surface area contributed by atoms with E-state index in [-0.39, 0.29) is 15.5 Å². The van der Waals surface area contributed by atoms with E-state index in [1.807, 2.05) is 0 Å². The van der Waals surface area contributed by atoms with Crippen LogP contribution in [0, 0.1) is 6.92 Å². The maximum absolute atomic E-state index is 12.2. The Balaban J connectivity index is 2.18. The summed E-state index contributed by atoms with van der Waals surface area (Å²) in [7, 11) is -3.88. The summed E-state index contributed by atoms with van der Waals surface area (Å²) in [4.78, 5) is 14.1. The fourth-order valence-electron chi connectivity index (χ4n) is 1.74. The topological polar surface area (TPSA) is 75.3 Å². The molecule has 2 rings (SSSR count). The van der Waals surface area contributed by atoms with Crippen LogP contribution in [0.3, 0.4) is 0 Å². The smallest absolute Gasteiger partial charge is 0.267 e. The summed E-state index contributed by atoms with van der Waals surface area (Å²) in [5.74, 6) is -0.637. The number of carbonyl (C=O) groups is 1. The summed E-state index contributed by atoms with van der Waals surface area (Å²) in [5, 5.41) is 0.234. The molecule has 0 heterocycles. The normalized spacial score (nSPS) is 11.2. The van der Waals surface area contributed by atoms with Crippen molar-refractivity contribution in [1.29, 1.82) is 0 Å². The van der Waals surface area contributed by atoms with Crippen molar-refractivity contribution in [3.05, 3.63) is 63.1 Å². The average molecular weight is 404 g/mol. The highest BCUT2D eigenvalue weighted by molar-refractivity contribution is 9.10. The number of aryl methyl sites for hydroxylation is 1. The molecule has 0 atom stereocenters. The number of carbonyl (C=O) groups excluding carboxylic acids is 1. The molecular formula is C14H12BrClN2O3S. The van der Waals surface area contributed by atoms with E-state index in [0.717, 1.165) is 0 Å². The molecule has 0 saturated carbocycles. The lowest BCUT2D eigenvalue weighted by atomic mass is 10.2. The number of benzene rings is 2. The minimum Gasteiger partial charge on any atom is -0.273 e. The number of hydrogen-bond acceptors (Lipinski definition) is 3. The molecule has 0 radical (unpaired) electrons. The van der Waals surface area contributed by atoms with Crippen molar-refractivity contribution in [1.82, 2.24) is 10.3 Å². The number of amides is 1. The summed E-state index contributed by atoms with van der Waals surface area (Å²) in [6, 6.07) is 11.2. The quantitative estimate of drug-likeness (QED) is 0.771. The predicted octanol–water partition coefficient (Wildman–Crippen LogP) is 3.03. The Morgan fingerprint density at radius 1 is 1.18 bits per heavy atom. The maximum Gasteiger partial charge on any atom is 0.267 e. The van der Waals surface area contributed by atoms with Crippen LogP contribution in [0.5, 0.6) is 0 Å². The van der Waals surface area contributed by atoms with Gasteiger partial charge in [-0.05, 0) is 36.8 Å². The van der Waals surface area contributed by atoms with Gasteiger partial charge in [0.05, 0.1) is 15.5 Å². The molecule has 0 spiro atoms. The molecule has 0 aliphatic carbocycles. The van der Waals surface area contributed by atoms with Crippen LogP contribution in [-0.2, 0) is 10.0 Å². The van der Waals surface area contributed by atoms with Gasteiger partial charge in [0.25, 0.3) is 15.9 Å². The molecule has 22 heavy (non-hydrogen) atoms. The van der Waals surface area contributed by atoms with Crippen LogP contribution >= 0.6 is 27.5 Å². The van der Waals surface area contributed by atoms with Crippen molar-refractivity contribution in [3.8, 4) is 0 Å². The molecule has 0 fully saturated rings. The van der Waals surface area contributed by atoms with Crippen LogP contribution in [0.2, 0.25) is 5.02 Å². The zero-order valence-corrected chi connectivity index (χ0v) is 14.6. The molecular weight excluding hydrogens is 392 g/mol. The molecule has 5 nitrogen and oxygen atoms in total. The third-order valence-corrected chi connectivity index (χ3v) is 5.07. The van der Waals surface area contributed by atoms with E-state index >= 15 is 0 Å². The van der Waals surface area contributed by atoms with Gasteiger partial charge in [-0.3, -0.25) is 10.2 Å². The Morgan fingerprint density at radius 3 is 2.55 bits per heavy atom. The molecule has 2 aromatic rings. The Labute approximate surface area is 141 Å². The van der Waals surface area contributed by atoms with Crippen LogP contribution in [0.25, 0.3) is 0 Å². The van der Waals surface area contributed by atoms with Crippen LogP contribution in [0.4, 0.5) is 0 Å². The first-order valence-electron chi connectivity index (χ1n) is 6.14. The third kappa shape index (κ3) is 3.86. The summed E-state index contributed by atoms with van der Waals surface area (Å²) in [6.45, 7) is 1.66. The molecule has 0 bridgehead atoms. The van der Waals surface area contributed by atoms with Crippen LogP contribution in [0.15, 0.2) is 51.8 Å². The first-order chi connectivity index (χ1) is 10.3. The van der Waals surface area contributed by atoms with Gasteiger partial charge in [0.2, 0.25) is 0 Å². The molecule has 2 N–H and O–H groups in total. The fraction of sp³-hybridized carbons (Fsp3) is 0.0714. The average Bonchev–Trinajstić information content (AvgIpc) is 2.48. The molecule has 8 heteroatoms. The van der Waals surface area contributed by atoms with Crippen LogP contribution in [-0.4, -0.2) is 14.3 Å². The van der Waals surface area contributed by atoms with Gasteiger partial charge in [-0.1, -0.05) is 45.7 Å². The first kappa shape index (κ1) is 17.0. The van der Waals surface area contributed by atoms with Gasteiger partial charge in [0.15, 0.2) is 0 Å². The van der Waals surface area contributed by atoms with E-state index in [1.54, 1.807) is 37.3 Å². The first-order valence-corrected chi connectivity index (χ1v) is 8.79. The minimum atomic E-state index is -3.88. The number of sulfonamides is 1. The second-order valence-corrected chi connectivity index (χ2v) is 7.42. The molecule has 0 aromatic heterocycles. The lowest BCUT2D eigenvalue weighted by Crippen LogP contribution is -2.41. The predicted molar refractivity (Wildman–Crippen MR) is 88.1 cm³/mol. The number of rotatable bonds is 4. The van der Waals surface area contributed by atoms with E-state index in [4.69, 9.17) is 11.6 Å². The number of halogens is 2. The molecule has 116 valence electrons. The monoisotopic (exact) mass is 402 g/mol. The van der Waals surface area contributed by atoms with Gasteiger partial charge in [0, 0.05) is 4.47 Å². The summed E-state index contributed by atoms with van der Waals surface area (Å²) in [6.07, 6.45) is 0. The molecule has 1 amide bonds. The van der Waals surface area contributed by atoms with Gasteiger partial charge in [-0.15, -0.1) is 4.83 Å². The molecule has 0 saturated heterocycles. The Morgan fingerprint density at radius 2 is 1.86 bits per heavy atom. The van der Waals surface area contributed by atoms with Crippen molar-refractivity contribution >= 4 is 43.5 Å². The Bertz CT molecular complexity index is 825. The lowest BCUT2D eigenvalue weighted by molar-refractivity contribution is 0.0945. The second-order valence-electron chi connectivity index (χ2n) is 4.45. The number of hydrazine groups is 1. The van der Waals surface area contributed by atoms with E-state index in [9.17, 15) is 13.2 Å². The van der Waals surface area contributed by atoms with Crippen LogP contribution < -0.4 is 10.3 Å². The van der Waals surface area contributed by atoms with Gasteiger partial charge in [-0.2, -0.15) is 0 Å². The molecule has 2 aromatic carbocycles. The SMILES string of the molecule is Cc1ccc(Br)cc1S(=O)(=O)NNC(=O)c1ccccc1Cl. The summed E-state index contributed by atoms with van der Waals surface area (Å²) in [5.41, 5.74) is 2.89. The molecule has 0 aliphatic rings. The zero-order chi connectivity index (χ0) is 16.3. The standard InChI is InChI=1S/C14H12BrClN2O3S/c1-9-6-7-10(15)8-13(9)22(20,21)18-17-14(19)11-4-2-3-5-12(11)16/h2-8,18H,1H3,(H,17,19). The molecule has 0 aliphatic heterocycles. The van der Waals surface area contributed by atoms with E-state index < -0.39 is 15.9 Å². The van der Waals surface area contributed by atoms with Crippen molar-refractivity contribution in [2.75, 3.05) is 0 Å². The van der Waals surface area contributed by atoms with Gasteiger partial charge >= 0.3 is 0 Å². The van der Waals surface area contributed by atoms with Crippen molar-refractivity contribution in [2.45, 2.75) is 11.8 Å². The molecule has 0 unspecified atom stereocenters. The van der Waals surface area contributed by atoms with Crippen molar-refractivity contribution in [2.24, 2.45) is 0 Å².